The zero-order valence-electron chi connectivity index (χ0n) is 17.8. The molecule has 2 atom stereocenters. The molecule has 6 nitrogen and oxygen atoms in total. The standard InChI is InChI=1S/C24H28FN3O3/c1-15(2)26-13-20(29)14-31-21-9-7-19(8-10-21)28-23(30)11-17-4-3-16-5-6-18(25)12-22(16)24(17)27-28/h5-10,12,15,17,20,26,29H,3-4,11,13-14H2,1-2H3. The molecule has 2 unspecified atom stereocenters. The van der Waals surface area contributed by atoms with Crippen LogP contribution in [0.1, 0.15) is 37.8 Å². The van der Waals surface area contributed by atoms with Crippen molar-refractivity contribution in [3.05, 3.63) is 59.4 Å². The lowest BCUT2D eigenvalue weighted by Crippen LogP contribution is -2.39. The van der Waals surface area contributed by atoms with Gasteiger partial charge in [0, 0.05) is 30.5 Å². The molecule has 0 aromatic heterocycles. The number of fused-ring (bicyclic) bond motifs is 3. The SMILES string of the molecule is CC(C)NCC(O)COc1ccc(N2N=C3c4cc(F)ccc4CCC3CC2=O)cc1. The molecule has 2 aromatic rings. The summed E-state index contributed by atoms with van der Waals surface area (Å²) in [5, 5.41) is 19.2. The van der Waals surface area contributed by atoms with Crippen LogP contribution in [0.15, 0.2) is 47.6 Å². The minimum absolute atomic E-state index is 0.0293. The number of rotatable bonds is 7. The topological polar surface area (TPSA) is 74.2 Å². The van der Waals surface area contributed by atoms with Crippen molar-refractivity contribution in [3.8, 4) is 5.75 Å². The van der Waals surface area contributed by atoms with Crippen LogP contribution in [0.4, 0.5) is 10.1 Å². The summed E-state index contributed by atoms with van der Waals surface area (Å²) < 4.78 is 19.5. The van der Waals surface area contributed by atoms with Crippen molar-refractivity contribution in [1.82, 2.24) is 5.32 Å². The van der Waals surface area contributed by atoms with Crippen molar-refractivity contribution in [2.75, 3.05) is 18.2 Å². The van der Waals surface area contributed by atoms with Gasteiger partial charge >= 0.3 is 0 Å². The van der Waals surface area contributed by atoms with Gasteiger partial charge in [-0.25, -0.2) is 9.40 Å². The van der Waals surface area contributed by atoms with E-state index in [9.17, 15) is 14.3 Å². The van der Waals surface area contributed by atoms with Crippen LogP contribution in [-0.4, -0.2) is 42.0 Å². The number of hydrogen-bond acceptors (Lipinski definition) is 5. The van der Waals surface area contributed by atoms with Crippen molar-refractivity contribution < 1.29 is 19.0 Å². The molecule has 4 rings (SSSR count). The van der Waals surface area contributed by atoms with E-state index in [0.717, 1.165) is 29.7 Å². The molecule has 1 aliphatic carbocycles. The Labute approximate surface area is 181 Å². The maximum absolute atomic E-state index is 13.8. The molecule has 1 heterocycles. The molecule has 0 bridgehead atoms. The van der Waals surface area contributed by atoms with Gasteiger partial charge in [0.05, 0.1) is 11.4 Å². The summed E-state index contributed by atoms with van der Waals surface area (Å²) in [5.74, 6) is 0.268. The van der Waals surface area contributed by atoms with E-state index in [1.807, 2.05) is 13.8 Å². The number of aliphatic hydroxyl groups excluding tert-OH is 1. The number of nitrogens with one attached hydrogen (secondary N) is 1. The molecule has 2 aromatic carbocycles. The van der Waals surface area contributed by atoms with Crippen LogP contribution in [0, 0.1) is 11.7 Å². The maximum Gasteiger partial charge on any atom is 0.248 e. The van der Waals surface area contributed by atoms with Crippen LogP contribution in [0.25, 0.3) is 0 Å². The number of carbonyl (C=O) groups is 1. The molecule has 0 radical (unpaired) electrons. The smallest absolute Gasteiger partial charge is 0.248 e. The van der Waals surface area contributed by atoms with E-state index < -0.39 is 6.10 Å². The predicted molar refractivity (Wildman–Crippen MR) is 118 cm³/mol. The van der Waals surface area contributed by atoms with Gasteiger partial charge in [-0.05, 0) is 54.8 Å². The Balaban J connectivity index is 1.48. The number of aliphatic hydroxyl groups is 1. The third kappa shape index (κ3) is 4.94. The second-order valence-electron chi connectivity index (χ2n) is 8.45. The number of nitrogens with zero attached hydrogens (tertiary/aromatic N) is 2. The Morgan fingerprint density at radius 2 is 2.03 bits per heavy atom. The highest BCUT2D eigenvalue weighted by Crippen LogP contribution is 2.34. The Hall–Kier alpha value is -2.77. The zero-order chi connectivity index (χ0) is 22.0. The average molecular weight is 426 g/mol. The minimum atomic E-state index is -0.610. The van der Waals surface area contributed by atoms with E-state index in [-0.39, 0.29) is 24.2 Å². The van der Waals surface area contributed by atoms with Gasteiger partial charge in [0.2, 0.25) is 5.91 Å². The molecule has 31 heavy (non-hydrogen) atoms. The lowest BCUT2D eigenvalue weighted by atomic mass is 9.79. The molecular formula is C24H28FN3O3. The van der Waals surface area contributed by atoms with Gasteiger partial charge in [-0.2, -0.15) is 5.10 Å². The summed E-state index contributed by atoms with van der Waals surface area (Å²) in [6.07, 6.45) is 1.43. The number of aryl methyl sites for hydroxylation is 1. The molecule has 0 spiro atoms. The summed E-state index contributed by atoms with van der Waals surface area (Å²) in [6.45, 7) is 4.66. The number of amides is 1. The first-order chi connectivity index (χ1) is 14.9. The monoisotopic (exact) mass is 425 g/mol. The summed E-state index contributed by atoms with van der Waals surface area (Å²) >= 11 is 0. The number of halogens is 1. The molecular weight excluding hydrogens is 397 g/mol. The van der Waals surface area contributed by atoms with Gasteiger partial charge in [0.25, 0.3) is 0 Å². The maximum atomic E-state index is 13.8. The molecule has 0 fully saturated rings. The number of ether oxygens (including phenoxy) is 1. The second-order valence-corrected chi connectivity index (χ2v) is 8.45. The third-order valence-electron chi connectivity index (χ3n) is 5.65. The highest BCUT2D eigenvalue weighted by molar-refractivity contribution is 6.11. The number of carbonyl (C=O) groups excluding carboxylic acids is 1. The van der Waals surface area contributed by atoms with Crippen molar-refractivity contribution in [1.29, 1.82) is 0 Å². The normalized spacial score (nSPS) is 19.0. The minimum Gasteiger partial charge on any atom is -0.491 e. The second kappa shape index (κ2) is 9.16. The van der Waals surface area contributed by atoms with Gasteiger partial charge in [-0.3, -0.25) is 4.79 Å². The fraction of sp³-hybridized carbons (Fsp3) is 0.417. The summed E-state index contributed by atoms with van der Waals surface area (Å²) in [6, 6.07) is 12.1. The van der Waals surface area contributed by atoms with Crippen LogP contribution in [0.3, 0.4) is 0 Å². The first-order valence-corrected chi connectivity index (χ1v) is 10.8. The van der Waals surface area contributed by atoms with E-state index in [1.54, 1.807) is 30.3 Å². The number of anilines is 1. The van der Waals surface area contributed by atoms with E-state index in [2.05, 4.69) is 10.4 Å². The molecule has 1 aliphatic heterocycles. The molecule has 164 valence electrons. The van der Waals surface area contributed by atoms with Crippen LogP contribution >= 0.6 is 0 Å². The average Bonchev–Trinajstić information content (AvgIpc) is 2.76. The van der Waals surface area contributed by atoms with E-state index in [0.29, 0.717) is 30.4 Å². The van der Waals surface area contributed by atoms with Gasteiger partial charge in [0.15, 0.2) is 0 Å². The fourth-order valence-corrected chi connectivity index (χ4v) is 3.99. The van der Waals surface area contributed by atoms with Gasteiger partial charge in [-0.1, -0.05) is 19.9 Å². The van der Waals surface area contributed by atoms with Crippen molar-refractivity contribution in [2.45, 2.75) is 45.3 Å². The Bertz CT molecular complexity index is 975. The largest absolute Gasteiger partial charge is 0.491 e. The molecule has 7 heteroatoms. The number of hydrogen-bond donors (Lipinski definition) is 2. The molecule has 2 aliphatic rings. The molecule has 2 N–H and O–H groups in total. The fourth-order valence-electron chi connectivity index (χ4n) is 3.99. The van der Waals surface area contributed by atoms with Crippen LogP contribution in [0.2, 0.25) is 0 Å². The van der Waals surface area contributed by atoms with Gasteiger partial charge in [-0.15, -0.1) is 0 Å². The molecule has 0 saturated heterocycles. The first kappa shape index (κ1) is 21.5. The lowest BCUT2D eigenvalue weighted by molar-refractivity contribution is -0.119. The predicted octanol–water partition coefficient (Wildman–Crippen LogP) is 3.27. The number of hydrazone groups is 1. The summed E-state index contributed by atoms with van der Waals surface area (Å²) in [4.78, 5) is 12.7. The van der Waals surface area contributed by atoms with Crippen molar-refractivity contribution in [2.24, 2.45) is 11.0 Å². The van der Waals surface area contributed by atoms with E-state index >= 15 is 0 Å². The van der Waals surface area contributed by atoms with Crippen LogP contribution in [-0.2, 0) is 11.2 Å². The van der Waals surface area contributed by atoms with Crippen molar-refractivity contribution >= 4 is 17.3 Å². The molecule has 1 amide bonds. The summed E-state index contributed by atoms with van der Waals surface area (Å²) in [7, 11) is 0. The Kier molecular flexibility index (Phi) is 6.34. The lowest BCUT2D eigenvalue weighted by Gasteiger charge is -2.33. The summed E-state index contributed by atoms with van der Waals surface area (Å²) in [5.41, 5.74) is 3.29. The highest BCUT2D eigenvalue weighted by Gasteiger charge is 2.34. The number of benzene rings is 2. The van der Waals surface area contributed by atoms with E-state index in [4.69, 9.17) is 4.74 Å². The van der Waals surface area contributed by atoms with Crippen molar-refractivity contribution in [3.63, 3.8) is 0 Å². The van der Waals surface area contributed by atoms with Gasteiger partial charge < -0.3 is 15.2 Å². The van der Waals surface area contributed by atoms with Gasteiger partial charge in [0.1, 0.15) is 24.3 Å². The van der Waals surface area contributed by atoms with E-state index in [1.165, 1.54) is 17.1 Å². The zero-order valence-corrected chi connectivity index (χ0v) is 17.8. The Morgan fingerprint density at radius 1 is 1.26 bits per heavy atom. The van der Waals surface area contributed by atoms with Crippen LogP contribution < -0.4 is 15.1 Å². The quantitative estimate of drug-likeness (QED) is 0.714. The van der Waals surface area contributed by atoms with Crippen LogP contribution in [0.5, 0.6) is 5.75 Å². The Morgan fingerprint density at radius 3 is 2.77 bits per heavy atom. The molecule has 0 saturated carbocycles. The third-order valence-corrected chi connectivity index (χ3v) is 5.65. The first-order valence-electron chi connectivity index (χ1n) is 10.8. The highest BCUT2D eigenvalue weighted by atomic mass is 19.1.